The molecular weight excluding hydrogens is 767 g/mol. The van der Waals surface area contributed by atoms with Gasteiger partial charge in [-0.05, 0) is 77.0 Å². The zero-order chi connectivity index (χ0) is 45.1. The minimum Gasteiger partial charge on any atom is -0.466 e. The van der Waals surface area contributed by atoms with Crippen LogP contribution in [0, 0.1) is 0 Å². The molecule has 0 spiro atoms. The average Bonchev–Trinajstić information content (AvgIpc) is 3.27. The van der Waals surface area contributed by atoms with E-state index in [0.717, 1.165) is 83.5 Å². The number of esters is 1. The molecule has 1 amide bonds. The van der Waals surface area contributed by atoms with E-state index < -0.39 is 12.1 Å². The van der Waals surface area contributed by atoms with Crippen molar-refractivity contribution in [2.45, 2.75) is 309 Å². The summed E-state index contributed by atoms with van der Waals surface area (Å²) in [5.74, 6) is -0.0969. The van der Waals surface area contributed by atoms with Crippen LogP contribution in [0.3, 0.4) is 0 Å². The predicted octanol–water partition coefficient (Wildman–Crippen LogP) is 16.7. The maximum atomic E-state index is 12.5. The van der Waals surface area contributed by atoms with E-state index in [-0.39, 0.29) is 18.5 Å². The smallest absolute Gasteiger partial charge is 0.305 e. The second-order valence-corrected chi connectivity index (χ2v) is 18.9. The minimum absolute atomic E-state index is 0.0342. The number of carbonyl (C=O) groups is 2. The van der Waals surface area contributed by atoms with Crippen molar-refractivity contribution < 1.29 is 24.5 Å². The van der Waals surface area contributed by atoms with Gasteiger partial charge in [-0.15, -0.1) is 0 Å². The zero-order valence-corrected chi connectivity index (χ0v) is 41.6. The van der Waals surface area contributed by atoms with Crippen LogP contribution in [0.2, 0.25) is 0 Å². The number of hydrogen-bond acceptors (Lipinski definition) is 5. The van der Waals surface area contributed by atoms with Crippen LogP contribution in [0.1, 0.15) is 296 Å². The van der Waals surface area contributed by atoms with E-state index in [2.05, 4.69) is 43.5 Å². The summed E-state index contributed by atoms with van der Waals surface area (Å²) < 4.78 is 5.45. The van der Waals surface area contributed by atoms with E-state index in [4.69, 9.17) is 4.74 Å². The Morgan fingerprint density at radius 1 is 0.435 bits per heavy atom. The van der Waals surface area contributed by atoms with Gasteiger partial charge in [0.05, 0.1) is 25.4 Å². The average molecular weight is 874 g/mol. The summed E-state index contributed by atoms with van der Waals surface area (Å²) in [5, 5.41) is 23.3. The quantitative estimate of drug-likeness (QED) is 0.0321. The molecule has 366 valence electrons. The second kappa shape index (κ2) is 52.0. The van der Waals surface area contributed by atoms with E-state index in [9.17, 15) is 19.8 Å². The van der Waals surface area contributed by atoms with Crippen molar-refractivity contribution in [2.75, 3.05) is 13.2 Å². The molecule has 0 aromatic carbocycles. The topological polar surface area (TPSA) is 95.9 Å². The lowest BCUT2D eigenvalue weighted by atomic mass is 10.0. The molecule has 0 saturated heterocycles. The van der Waals surface area contributed by atoms with Crippen LogP contribution >= 0.6 is 0 Å². The third kappa shape index (κ3) is 47.8. The summed E-state index contributed by atoms with van der Waals surface area (Å²) in [6.07, 6.45) is 61.6. The Hall–Kier alpha value is -1.66. The molecule has 0 fully saturated rings. The highest BCUT2D eigenvalue weighted by atomic mass is 16.5. The molecule has 2 atom stereocenters. The van der Waals surface area contributed by atoms with E-state index in [0.29, 0.717) is 25.9 Å². The van der Waals surface area contributed by atoms with Gasteiger partial charge in [-0.25, -0.2) is 0 Å². The fourth-order valence-electron chi connectivity index (χ4n) is 8.45. The highest BCUT2D eigenvalue weighted by molar-refractivity contribution is 5.76. The van der Waals surface area contributed by atoms with Crippen LogP contribution in [0.15, 0.2) is 24.3 Å². The number of carbonyl (C=O) groups excluding carboxylic acids is 2. The van der Waals surface area contributed by atoms with Crippen molar-refractivity contribution in [3.8, 4) is 0 Å². The van der Waals surface area contributed by atoms with Crippen LogP contribution in [0.25, 0.3) is 0 Å². The first kappa shape index (κ1) is 60.3. The minimum atomic E-state index is -0.683. The normalized spacial score (nSPS) is 12.8. The maximum Gasteiger partial charge on any atom is 0.305 e. The molecular formula is C56H107NO5. The number of amides is 1. The Morgan fingerprint density at radius 3 is 1.15 bits per heavy atom. The molecule has 0 aromatic heterocycles. The number of rotatable bonds is 51. The van der Waals surface area contributed by atoms with Gasteiger partial charge in [0.2, 0.25) is 5.91 Å². The molecule has 2 unspecified atom stereocenters. The third-order valence-electron chi connectivity index (χ3n) is 12.7. The highest BCUT2D eigenvalue weighted by Crippen LogP contribution is 2.17. The molecule has 0 bridgehead atoms. The number of nitrogens with one attached hydrogen (secondary N) is 1. The highest BCUT2D eigenvalue weighted by Gasteiger charge is 2.20. The summed E-state index contributed by atoms with van der Waals surface area (Å²) in [6, 6.07) is -0.563. The van der Waals surface area contributed by atoms with E-state index in [1.807, 2.05) is 0 Å². The van der Waals surface area contributed by atoms with Gasteiger partial charge in [0, 0.05) is 12.8 Å². The van der Waals surface area contributed by atoms with Gasteiger partial charge < -0.3 is 20.3 Å². The van der Waals surface area contributed by atoms with Crippen molar-refractivity contribution >= 4 is 11.9 Å². The molecule has 0 heterocycles. The Bertz CT molecular complexity index is 966. The number of allylic oxidation sites excluding steroid dienone is 4. The standard InChI is InChI=1S/C56H107NO5/c1-3-5-7-9-11-13-15-17-19-21-23-25-28-32-36-40-44-48-54(59)53(52-58)57-55(60)49-45-41-37-33-29-27-31-35-39-43-47-51-62-56(61)50-46-42-38-34-30-26-24-22-20-18-16-14-12-10-8-6-4-2/h18,20,31,35,53-54,58-59H,3-17,19,21-30,32-34,36-52H2,1-2H3,(H,57,60)/b20-18-,35-31-. The Balaban J connectivity index is 3.50. The molecule has 0 aliphatic heterocycles. The fourth-order valence-corrected chi connectivity index (χ4v) is 8.45. The summed E-state index contributed by atoms with van der Waals surface area (Å²) in [6.45, 7) is 4.88. The summed E-state index contributed by atoms with van der Waals surface area (Å²) in [5.41, 5.74) is 0. The molecule has 3 N–H and O–H groups in total. The van der Waals surface area contributed by atoms with Crippen LogP contribution in [0.4, 0.5) is 0 Å². The van der Waals surface area contributed by atoms with Gasteiger partial charge >= 0.3 is 5.97 Å². The van der Waals surface area contributed by atoms with Crippen molar-refractivity contribution in [1.29, 1.82) is 0 Å². The molecule has 62 heavy (non-hydrogen) atoms. The van der Waals surface area contributed by atoms with Crippen molar-refractivity contribution in [3.05, 3.63) is 24.3 Å². The summed E-state index contributed by atoms with van der Waals surface area (Å²) in [7, 11) is 0. The molecule has 0 saturated carbocycles. The van der Waals surface area contributed by atoms with Gasteiger partial charge in [-0.2, -0.15) is 0 Å². The van der Waals surface area contributed by atoms with E-state index >= 15 is 0 Å². The number of hydrogen-bond donors (Lipinski definition) is 3. The van der Waals surface area contributed by atoms with Crippen LogP contribution in [0.5, 0.6) is 0 Å². The van der Waals surface area contributed by atoms with E-state index in [1.54, 1.807) is 0 Å². The lowest BCUT2D eigenvalue weighted by Gasteiger charge is -2.22. The summed E-state index contributed by atoms with van der Waals surface area (Å²) >= 11 is 0. The molecule has 0 aliphatic carbocycles. The second-order valence-electron chi connectivity index (χ2n) is 18.9. The Labute approximate surface area is 386 Å². The molecule has 6 heteroatoms. The number of aliphatic hydroxyl groups is 2. The van der Waals surface area contributed by atoms with Gasteiger partial charge in [0.25, 0.3) is 0 Å². The first-order valence-electron chi connectivity index (χ1n) is 27.6. The predicted molar refractivity (Wildman–Crippen MR) is 269 cm³/mol. The first-order chi connectivity index (χ1) is 30.5. The zero-order valence-electron chi connectivity index (χ0n) is 41.6. The molecule has 6 nitrogen and oxygen atoms in total. The van der Waals surface area contributed by atoms with Crippen molar-refractivity contribution in [3.63, 3.8) is 0 Å². The maximum absolute atomic E-state index is 12.5. The van der Waals surface area contributed by atoms with Gasteiger partial charge in [-0.3, -0.25) is 9.59 Å². The lowest BCUT2D eigenvalue weighted by molar-refractivity contribution is -0.143. The largest absolute Gasteiger partial charge is 0.466 e. The van der Waals surface area contributed by atoms with Crippen molar-refractivity contribution in [2.24, 2.45) is 0 Å². The Kier molecular flexibility index (Phi) is 50.6. The number of aliphatic hydroxyl groups excluding tert-OH is 2. The summed E-state index contributed by atoms with van der Waals surface area (Å²) in [4.78, 5) is 24.5. The third-order valence-corrected chi connectivity index (χ3v) is 12.7. The molecule has 0 aliphatic rings. The number of ether oxygens (including phenoxy) is 1. The van der Waals surface area contributed by atoms with Gasteiger partial charge in [-0.1, -0.05) is 231 Å². The van der Waals surface area contributed by atoms with Crippen molar-refractivity contribution in [1.82, 2.24) is 5.32 Å². The monoisotopic (exact) mass is 874 g/mol. The SMILES string of the molecule is CCCCCCCC/C=C\CCCCCCCCCC(=O)OCCCC/C=C\CCCCCCCC(=O)NC(CO)C(O)CCCCCCCCCCCCCCCCCCC. The van der Waals surface area contributed by atoms with Crippen LogP contribution in [-0.2, 0) is 14.3 Å². The van der Waals surface area contributed by atoms with Gasteiger partial charge in [0.15, 0.2) is 0 Å². The fraction of sp³-hybridized carbons (Fsp3) is 0.893. The van der Waals surface area contributed by atoms with Gasteiger partial charge in [0.1, 0.15) is 0 Å². The van der Waals surface area contributed by atoms with E-state index in [1.165, 1.54) is 180 Å². The van der Waals surface area contributed by atoms with Crippen LogP contribution in [-0.4, -0.2) is 47.4 Å². The molecule has 0 rings (SSSR count). The molecule has 0 aromatic rings. The first-order valence-corrected chi connectivity index (χ1v) is 27.6. The lowest BCUT2D eigenvalue weighted by Crippen LogP contribution is -2.45. The van der Waals surface area contributed by atoms with Crippen LogP contribution < -0.4 is 5.32 Å². The number of unbranched alkanes of at least 4 members (excludes halogenated alkanes) is 36. The Morgan fingerprint density at radius 2 is 0.758 bits per heavy atom. The molecule has 0 radical (unpaired) electrons.